The van der Waals surface area contributed by atoms with E-state index in [-0.39, 0.29) is 5.91 Å². The Labute approximate surface area is 201 Å². The van der Waals surface area contributed by atoms with Crippen molar-refractivity contribution in [2.24, 2.45) is 0 Å². The monoisotopic (exact) mass is 509 g/mol. The number of thiocarbonyl (C=S) groups is 1. The standard InChI is InChI=1S/C25H24BrN3O2S/c1-5-31-21-9-6-19(7-10-21)29-24(30)23(27-25(29)32)14-18-13-16(3)28(17(18)4)20-8-11-22(26)15(2)12-20/h6-14H,5H2,1-4H3,(H,27,32)/b23-14-. The molecule has 1 aliphatic rings. The van der Waals surface area contributed by atoms with E-state index in [0.717, 1.165) is 32.9 Å². The number of nitrogens with one attached hydrogen (secondary N) is 1. The van der Waals surface area contributed by atoms with Gasteiger partial charge in [0.2, 0.25) is 0 Å². The molecule has 1 amide bonds. The number of anilines is 1. The molecule has 164 valence electrons. The number of halogens is 1. The van der Waals surface area contributed by atoms with E-state index in [9.17, 15) is 4.79 Å². The third-order valence-corrected chi connectivity index (χ3v) is 6.63. The van der Waals surface area contributed by atoms with Gasteiger partial charge >= 0.3 is 0 Å². The molecule has 5 nitrogen and oxygen atoms in total. The van der Waals surface area contributed by atoms with Crippen LogP contribution in [0.5, 0.6) is 5.75 Å². The quantitative estimate of drug-likeness (QED) is 0.347. The fourth-order valence-electron chi connectivity index (χ4n) is 3.88. The molecule has 4 rings (SSSR count). The lowest BCUT2D eigenvalue weighted by atomic mass is 10.2. The second kappa shape index (κ2) is 8.92. The lowest BCUT2D eigenvalue weighted by molar-refractivity contribution is -0.113. The highest BCUT2D eigenvalue weighted by Gasteiger charge is 2.32. The molecule has 0 aliphatic carbocycles. The Morgan fingerprint density at radius 3 is 2.41 bits per heavy atom. The van der Waals surface area contributed by atoms with Crippen LogP contribution in [0.25, 0.3) is 11.8 Å². The summed E-state index contributed by atoms with van der Waals surface area (Å²) in [5.41, 5.74) is 6.52. The van der Waals surface area contributed by atoms with Gasteiger partial charge in [-0.3, -0.25) is 9.69 Å². The summed E-state index contributed by atoms with van der Waals surface area (Å²) < 4.78 is 8.75. The molecular formula is C25H24BrN3O2S. The van der Waals surface area contributed by atoms with Crippen molar-refractivity contribution in [1.82, 2.24) is 9.88 Å². The molecule has 2 heterocycles. The van der Waals surface area contributed by atoms with Crippen LogP contribution in [0.1, 0.15) is 29.4 Å². The molecule has 0 spiro atoms. The Kier molecular flexibility index (Phi) is 6.22. The number of hydrogen-bond acceptors (Lipinski definition) is 3. The second-order valence-electron chi connectivity index (χ2n) is 7.65. The van der Waals surface area contributed by atoms with Crippen molar-refractivity contribution in [1.29, 1.82) is 0 Å². The van der Waals surface area contributed by atoms with Gasteiger partial charge in [-0.05, 0) is 106 Å². The van der Waals surface area contributed by atoms with Crippen LogP contribution < -0.4 is 15.0 Å². The van der Waals surface area contributed by atoms with E-state index >= 15 is 0 Å². The van der Waals surface area contributed by atoms with Crippen LogP contribution >= 0.6 is 28.1 Å². The lowest BCUT2D eigenvalue weighted by Gasteiger charge is -2.14. The van der Waals surface area contributed by atoms with Crippen molar-refractivity contribution >= 4 is 50.9 Å². The summed E-state index contributed by atoms with van der Waals surface area (Å²) in [7, 11) is 0. The Morgan fingerprint density at radius 1 is 1.06 bits per heavy atom. The molecular weight excluding hydrogens is 486 g/mol. The number of carbonyl (C=O) groups excluding carboxylic acids is 1. The number of aromatic nitrogens is 1. The van der Waals surface area contributed by atoms with E-state index < -0.39 is 0 Å². The first-order chi connectivity index (χ1) is 15.3. The van der Waals surface area contributed by atoms with Gasteiger partial charge in [0.15, 0.2) is 5.11 Å². The molecule has 1 fully saturated rings. The zero-order valence-electron chi connectivity index (χ0n) is 18.4. The van der Waals surface area contributed by atoms with E-state index in [1.807, 2.05) is 37.3 Å². The van der Waals surface area contributed by atoms with Gasteiger partial charge in [0.1, 0.15) is 11.4 Å². The topological polar surface area (TPSA) is 46.5 Å². The van der Waals surface area contributed by atoms with Crippen molar-refractivity contribution in [2.75, 3.05) is 11.5 Å². The van der Waals surface area contributed by atoms with Crippen molar-refractivity contribution < 1.29 is 9.53 Å². The maximum atomic E-state index is 13.2. The minimum Gasteiger partial charge on any atom is -0.494 e. The molecule has 1 aliphatic heterocycles. The van der Waals surface area contributed by atoms with Crippen molar-refractivity contribution in [3.8, 4) is 11.4 Å². The second-order valence-corrected chi connectivity index (χ2v) is 8.89. The molecule has 7 heteroatoms. The van der Waals surface area contributed by atoms with Crippen molar-refractivity contribution in [2.45, 2.75) is 27.7 Å². The highest BCUT2D eigenvalue weighted by molar-refractivity contribution is 9.10. The average molecular weight is 510 g/mol. The van der Waals surface area contributed by atoms with Crippen LogP contribution in [0.2, 0.25) is 0 Å². The molecule has 3 aromatic rings. The highest BCUT2D eigenvalue weighted by Crippen LogP contribution is 2.28. The number of nitrogens with zero attached hydrogens (tertiary/aromatic N) is 2. The molecule has 32 heavy (non-hydrogen) atoms. The molecule has 1 aromatic heterocycles. The number of amides is 1. The van der Waals surface area contributed by atoms with Crippen molar-refractivity contribution in [3.05, 3.63) is 81.2 Å². The molecule has 2 aromatic carbocycles. The van der Waals surface area contributed by atoms with E-state index in [0.29, 0.717) is 23.1 Å². The number of carbonyl (C=O) groups is 1. The van der Waals surface area contributed by atoms with E-state index in [1.54, 1.807) is 0 Å². The number of rotatable bonds is 5. The van der Waals surface area contributed by atoms with E-state index in [2.05, 4.69) is 70.9 Å². The number of benzene rings is 2. The zero-order chi connectivity index (χ0) is 23.0. The Morgan fingerprint density at radius 2 is 1.75 bits per heavy atom. The first kappa shape index (κ1) is 22.3. The maximum Gasteiger partial charge on any atom is 0.281 e. The molecule has 1 N–H and O–H groups in total. The zero-order valence-corrected chi connectivity index (χ0v) is 20.8. The van der Waals surface area contributed by atoms with Crippen LogP contribution in [0.15, 0.2) is 58.7 Å². The molecule has 1 saturated heterocycles. The average Bonchev–Trinajstić information content (AvgIpc) is 3.19. The van der Waals surface area contributed by atoms with Crippen LogP contribution in [-0.2, 0) is 4.79 Å². The Balaban J connectivity index is 1.65. The predicted molar refractivity (Wildman–Crippen MR) is 136 cm³/mol. The molecule has 0 unspecified atom stereocenters. The van der Waals surface area contributed by atoms with Gasteiger partial charge in [-0.25, -0.2) is 0 Å². The van der Waals surface area contributed by atoms with Crippen LogP contribution in [-0.4, -0.2) is 22.2 Å². The molecule has 0 saturated carbocycles. The number of ether oxygens (including phenoxy) is 1. The van der Waals surface area contributed by atoms with Crippen molar-refractivity contribution in [3.63, 3.8) is 0 Å². The fourth-order valence-corrected chi connectivity index (χ4v) is 4.43. The smallest absolute Gasteiger partial charge is 0.281 e. The molecule has 0 radical (unpaired) electrons. The fraction of sp³-hybridized carbons (Fsp3) is 0.200. The molecule has 0 atom stereocenters. The minimum absolute atomic E-state index is 0.177. The third kappa shape index (κ3) is 4.10. The summed E-state index contributed by atoms with van der Waals surface area (Å²) in [5, 5.41) is 3.44. The van der Waals surface area contributed by atoms with Crippen LogP contribution in [0.4, 0.5) is 5.69 Å². The first-order valence-electron chi connectivity index (χ1n) is 10.4. The minimum atomic E-state index is -0.177. The van der Waals surface area contributed by atoms with Crippen LogP contribution in [0, 0.1) is 20.8 Å². The van der Waals surface area contributed by atoms with Gasteiger partial charge in [0.05, 0.1) is 12.3 Å². The van der Waals surface area contributed by atoms with Gasteiger partial charge < -0.3 is 14.6 Å². The normalized spacial score (nSPS) is 14.9. The highest BCUT2D eigenvalue weighted by atomic mass is 79.9. The third-order valence-electron chi connectivity index (χ3n) is 5.45. The summed E-state index contributed by atoms with van der Waals surface area (Å²) >= 11 is 9.02. The summed E-state index contributed by atoms with van der Waals surface area (Å²) in [6.45, 7) is 8.71. The Bertz CT molecular complexity index is 1240. The van der Waals surface area contributed by atoms with E-state index in [1.165, 1.54) is 10.5 Å². The van der Waals surface area contributed by atoms with E-state index in [4.69, 9.17) is 17.0 Å². The predicted octanol–water partition coefficient (Wildman–Crippen LogP) is 5.83. The summed E-state index contributed by atoms with van der Waals surface area (Å²) in [6.07, 6.45) is 1.87. The lowest BCUT2D eigenvalue weighted by Crippen LogP contribution is -2.30. The van der Waals surface area contributed by atoms with Gasteiger partial charge in [0.25, 0.3) is 5.91 Å². The van der Waals surface area contributed by atoms with Gasteiger partial charge in [-0.15, -0.1) is 0 Å². The SMILES string of the molecule is CCOc1ccc(N2C(=O)/C(=C/c3cc(C)n(-c4ccc(Br)c(C)c4)c3C)NC2=S)cc1. The number of hydrogen-bond donors (Lipinski definition) is 1. The van der Waals surface area contributed by atoms with Gasteiger partial charge in [-0.1, -0.05) is 15.9 Å². The molecule has 0 bridgehead atoms. The summed E-state index contributed by atoms with van der Waals surface area (Å²) in [5.74, 6) is 0.580. The summed E-state index contributed by atoms with van der Waals surface area (Å²) in [6, 6.07) is 15.7. The summed E-state index contributed by atoms with van der Waals surface area (Å²) in [4.78, 5) is 14.7. The van der Waals surface area contributed by atoms with Crippen LogP contribution in [0.3, 0.4) is 0 Å². The van der Waals surface area contributed by atoms with Gasteiger partial charge in [0, 0.05) is 21.5 Å². The van der Waals surface area contributed by atoms with Gasteiger partial charge in [-0.2, -0.15) is 0 Å². The largest absolute Gasteiger partial charge is 0.494 e. The Hall–Kier alpha value is -2.90. The number of aryl methyl sites for hydroxylation is 2. The maximum absolute atomic E-state index is 13.2. The first-order valence-corrected chi connectivity index (χ1v) is 11.6.